The maximum absolute atomic E-state index is 12.4. The van der Waals surface area contributed by atoms with Crippen molar-refractivity contribution in [3.8, 4) is 11.5 Å². The zero-order chi connectivity index (χ0) is 19.2. The molecule has 0 aliphatic rings. The van der Waals surface area contributed by atoms with Gasteiger partial charge in [-0.1, -0.05) is 29.5 Å². The van der Waals surface area contributed by atoms with E-state index in [9.17, 15) is 4.79 Å². The number of ether oxygens (including phenoxy) is 2. The molecule has 1 aromatic heterocycles. The van der Waals surface area contributed by atoms with Crippen molar-refractivity contribution in [2.45, 2.75) is 20.0 Å². The second-order valence-electron chi connectivity index (χ2n) is 6.13. The van der Waals surface area contributed by atoms with Crippen molar-refractivity contribution in [1.82, 2.24) is 20.3 Å². The molecule has 0 spiro atoms. The van der Waals surface area contributed by atoms with Crippen LogP contribution in [0.25, 0.3) is 0 Å². The first-order valence-corrected chi connectivity index (χ1v) is 8.54. The number of amides is 1. The van der Waals surface area contributed by atoms with Gasteiger partial charge in [-0.3, -0.25) is 4.79 Å². The smallest absolute Gasteiger partial charge is 0.273 e. The van der Waals surface area contributed by atoms with Crippen molar-refractivity contribution in [2.75, 3.05) is 14.2 Å². The fourth-order valence-electron chi connectivity index (χ4n) is 2.68. The third-order valence-corrected chi connectivity index (χ3v) is 4.23. The number of methoxy groups -OCH3 is 2. The second kappa shape index (κ2) is 8.35. The molecule has 27 heavy (non-hydrogen) atoms. The zero-order valence-corrected chi connectivity index (χ0v) is 15.6. The number of nitrogens with one attached hydrogen (secondary N) is 1. The summed E-state index contributed by atoms with van der Waals surface area (Å²) in [6.45, 7) is 2.94. The van der Waals surface area contributed by atoms with E-state index < -0.39 is 0 Å². The van der Waals surface area contributed by atoms with Crippen LogP contribution in [0.15, 0.2) is 48.7 Å². The quantitative estimate of drug-likeness (QED) is 0.695. The van der Waals surface area contributed by atoms with Crippen LogP contribution in [-0.4, -0.2) is 35.1 Å². The molecule has 0 bridgehead atoms. The molecule has 1 heterocycles. The van der Waals surface area contributed by atoms with Crippen LogP contribution < -0.4 is 14.8 Å². The number of aryl methyl sites for hydroxylation is 1. The van der Waals surface area contributed by atoms with Crippen molar-refractivity contribution in [3.05, 3.63) is 71.0 Å². The lowest BCUT2D eigenvalue weighted by Gasteiger charge is -2.09. The predicted molar refractivity (Wildman–Crippen MR) is 101 cm³/mol. The number of aromatic nitrogens is 3. The molecule has 140 valence electrons. The molecule has 7 nitrogen and oxygen atoms in total. The van der Waals surface area contributed by atoms with E-state index in [-0.39, 0.29) is 11.6 Å². The van der Waals surface area contributed by atoms with Crippen LogP contribution in [-0.2, 0) is 13.1 Å². The lowest BCUT2D eigenvalue weighted by molar-refractivity contribution is 0.0945. The molecule has 0 radical (unpaired) electrons. The summed E-state index contributed by atoms with van der Waals surface area (Å²) in [5.74, 6) is 1.05. The van der Waals surface area contributed by atoms with Gasteiger partial charge in [0.2, 0.25) is 0 Å². The minimum absolute atomic E-state index is 0.276. The molecule has 3 aromatic rings. The fraction of sp³-hybridized carbons (Fsp3) is 0.250. The molecule has 0 fully saturated rings. The topological polar surface area (TPSA) is 78.3 Å². The van der Waals surface area contributed by atoms with Gasteiger partial charge in [-0.25, -0.2) is 4.68 Å². The number of benzene rings is 2. The summed E-state index contributed by atoms with van der Waals surface area (Å²) < 4.78 is 12.1. The highest BCUT2D eigenvalue weighted by atomic mass is 16.5. The summed E-state index contributed by atoms with van der Waals surface area (Å²) >= 11 is 0. The van der Waals surface area contributed by atoms with Crippen LogP contribution in [0.2, 0.25) is 0 Å². The third-order valence-electron chi connectivity index (χ3n) is 4.23. The average molecular weight is 366 g/mol. The van der Waals surface area contributed by atoms with Gasteiger partial charge in [0, 0.05) is 12.6 Å². The molecule has 0 saturated heterocycles. The Morgan fingerprint density at radius 1 is 1.11 bits per heavy atom. The van der Waals surface area contributed by atoms with Gasteiger partial charge in [0.05, 0.1) is 27.0 Å². The Hall–Kier alpha value is -3.35. The maximum Gasteiger partial charge on any atom is 0.273 e. The largest absolute Gasteiger partial charge is 0.497 e. The summed E-state index contributed by atoms with van der Waals surface area (Å²) in [7, 11) is 3.17. The highest BCUT2D eigenvalue weighted by Gasteiger charge is 2.12. The molecule has 0 unspecified atom stereocenters. The van der Waals surface area contributed by atoms with Gasteiger partial charge in [0.15, 0.2) is 5.69 Å². The summed E-state index contributed by atoms with van der Waals surface area (Å²) in [5.41, 5.74) is 3.45. The first-order chi connectivity index (χ1) is 13.1. The Balaban J connectivity index is 1.64. The molecule has 0 atom stereocenters. The van der Waals surface area contributed by atoms with Gasteiger partial charge < -0.3 is 14.8 Å². The van der Waals surface area contributed by atoms with E-state index in [0.29, 0.717) is 24.6 Å². The number of carbonyl (C=O) groups excluding carboxylic acids is 1. The van der Waals surface area contributed by atoms with Gasteiger partial charge in [-0.15, -0.1) is 5.10 Å². The van der Waals surface area contributed by atoms with E-state index in [1.807, 2.05) is 43.3 Å². The van der Waals surface area contributed by atoms with Gasteiger partial charge in [0.25, 0.3) is 5.91 Å². The SMILES string of the molecule is COc1cc(CNC(=O)c2cn(Cc3ccccc3C)nn2)cc(OC)c1. The summed E-state index contributed by atoms with van der Waals surface area (Å²) in [4.78, 5) is 12.4. The number of rotatable bonds is 7. The van der Waals surface area contributed by atoms with E-state index in [1.54, 1.807) is 31.2 Å². The molecular formula is C20H22N4O3. The second-order valence-corrected chi connectivity index (χ2v) is 6.13. The molecule has 1 N–H and O–H groups in total. The van der Waals surface area contributed by atoms with Crippen LogP contribution in [0.4, 0.5) is 0 Å². The normalized spacial score (nSPS) is 10.5. The highest BCUT2D eigenvalue weighted by molar-refractivity contribution is 5.91. The van der Waals surface area contributed by atoms with E-state index in [0.717, 1.165) is 11.1 Å². The molecule has 3 rings (SSSR count). The lowest BCUT2D eigenvalue weighted by Crippen LogP contribution is -2.23. The Morgan fingerprint density at radius 2 is 1.81 bits per heavy atom. The Morgan fingerprint density at radius 3 is 2.48 bits per heavy atom. The Labute approximate surface area is 157 Å². The van der Waals surface area contributed by atoms with E-state index in [4.69, 9.17) is 9.47 Å². The fourth-order valence-corrected chi connectivity index (χ4v) is 2.68. The number of carbonyl (C=O) groups is 1. The van der Waals surface area contributed by atoms with Gasteiger partial charge in [0.1, 0.15) is 11.5 Å². The van der Waals surface area contributed by atoms with E-state index in [1.165, 1.54) is 5.56 Å². The Bertz CT molecular complexity index is 914. The van der Waals surface area contributed by atoms with Crippen molar-refractivity contribution in [2.24, 2.45) is 0 Å². The molecule has 0 aliphatic heterocycles. The molecule has 1 amide bonds. The first-order valence-electron chi connectivity index (χ1n) is 8.54. The molecule has 2 aromatic carbocycles. The van der Waals surface area contributed by atoms with Crippen molar-refractivity contribution in [3.63, 3.8) is 0 Å². The van der Waals surface area contributed by atoms with E-state index in [2.05, 4.69) is 15.6 Å². The molecule has 0 saturated carbocycles. The Kier molecular flexibility index (Phi) is 5.71. The maximum atomic E-state index is 12.4. The summed E-state index contributed by atoms with van der Waals surface area (Å²) in [6, 6.07) is 13.5. The number of hydrogen-bond acceptors (Lipinski definition) is 5. The average Bonchev–Trinajstić information content (AvgIpc) is 3.16. The van der Waals surface area contributed by atoms with Crippen LogP contribution in [0.1, 0.15) is 27.2 Å². The molecule has 7 heteroatoms. The van der Waals surface area contributed by atoms with Crippen molar-refractivity contribution < 1.29 is 14.3 Å². The monoisotopic (exact) mass is 366 g/mol. The van der Waals surface area contributed by atoms with Crippen LogP contribution >= 0.6 is 0 Å². The summed E-state index contributed by atoms with van der Waals surface area (Å²) in [5, 5.41) is 10.9. The van der Waals surface area contributed by atoms with Gasteiger partial charge in [-0.2, -0.15) is 0 Å². The van der Waals surface area contributed by atoms with Gasteiger partial charge in [-0.05, 0) is 35.7 Å². The molecular weight excluding hydrogens is 344 g/mol. The predicted octanol–water partition coefficient (Wildman–Crippen LogP) is 2.58. The van der Waals surface area contributed by atoms with Crippen LogP contribution in [0.5, 0.6) is 11.5 Å². The van der Waals surface area contributed by atoms with Crippen molar-refractivity contribution in [1.29, 1.82) is 0 Å². The minimum Gasteiger partial charge on any atom is -0.497 e. The lowest BCUT2D eigenvalue weighted by atomic mass is 10.1. The third kappa shape index (κ3) is 4.63. The minimum atomic E-state index is -0.284. The van der Waals surface area contributed by atoms with Crippen LogP contribution in [0.3, 0.4) is 0 Å². The number of nitrogens with zero attached hydrogens (tertiary/aromatic N) is 3. The summed E-state index contributed by atoms with van der Waals surface area (Å²) in [6.07, 6.45) is 1.65. The molecule has 0 aliphatic carbocycles. The van der Waals surface area contributed by atoms with E-state index >= 15 is 0 Å². The van der Waals surface area contributed by atoms with Crippen LogP contribution in [0, 0.1) is 6.92 Å². The standard InChI is InChI=1S/C20H22N4O3/c1-14-6-4-5-7-16(14)12-24-13-19(22-23-24)20(25)21-11-15-8-17(26-2)10-18(9-15)27-3/h4-10,13H,11-12H2,1-3H3,(H,21,25). The highest BCUT2D eigenvalue weighted by Crippen LogP contribution is 2.22. The zero-order valence-electron chi connectivity index (χ0n) is 15.6. The van der Waals surface area contributed by atoms with Crippen molar-refractivity contribution >= 4 is 5.91 Å². The van der Waals surface area contributed by atoms with Gasteiger partial charge >= 0.3 is 0 Å². The number of hydrogen-bond donors (Lipinski definition) is 1. The first kappa shape index (κ1) is 18.4.